The Labute approximate surface area is 125 Å². The lowest BCUT2D eigenvalue weighted by molar-refractivity contribution is 0.0911. The van der Waals surface area contributed by atoms with E-state index in [4.69, 9.17) is 0 Å². The number of rotatable bonds is 4. The van der Waals surface area contributed by atoms with Gasteiger partial charge in [0.1, 0.15) is 17.4 Å². The van der Waals surface area contributed by atoms with Gasteiger partial charge in [0.15, 0.2) is 0 Å². The number of amides is 1. The predicted octanol–water partition coefficient (Wildman–Crippen LogP) is 2.17. The molecule has 2 N–H and O–H groups in total. The van der Waals surface area contributed by atoms with Gasteiger partial charge in [0.2, 0.25) is 0 Å². The molecule has 21 heavy (non-hydrogen) atoms. The summed E-state index contributed by atoms with van der Waals surface area (Å²) in [6.45, 7) is 1.98. The number of aromatic nitrogens is 2. The van der Waals surface area contributed by atoms with Gasteiger partial charge in [0.05, 0.1) is 5.69 Å². The maximum atomic E-state index is 12.3. The normalized spacial score (nSPS) is 12.5. The number of nitrogens with one attached hydrogen (secondary N) is 1. The van der Waals surface area contributed by atoms with Gasteiger partial charge in [-0.05, 0) is 30.5 Å². The third kappa shape index (κ3) is 2.68. The molecule has 0 saturated heterocycles. The third-order valence-electron chi connectivity index (χ3n) is 3.25. The summed E-state index contributed by atoms with van der Waals surface area (Å²) in [6, 6.07) is 9.31. The minimum atomic E-state index is -0.687. The van der Waals surface area contributed by atoms with E-state index in [9.17, 15) is 9.90 Å². The Bertz CT molecular complexity index is 764. The number of carbonyl (C=O) groups is 1. The van der Waals surface area contributed by atoms with Crippen LogP contribution in [0.1, 0.15) is 27.2 Å². The smallest absolute Gasteiger partial charge is 0.270 e. The van der Waals surface area contributed by atoms with Crippen LogP contribution in [0.2, 0.25) is 0 Å². The summed E-state index contributed by atoms with van der Waals surface area (Å²) in [5.74, 6) is -0.234. The van der Waals surface area contributed by atoms with Crippen LogP contribution in [-0.4, -0.2) is 26.9 Å². The number of hydrogen-bond donors (Lipinski definition) is 2. The highest BCUT2D eigenvalue weighted by molar-refractivity contribution is 7.10. The topological polar surface area (TPSA) is 66.6 Å². The lowest BCUT2D eigenvalue weighted by Crippen LogP contribution is -2.29. The van der Waals surface area contributed by atoms with Crippen LogP contribution in [0.3, 0.4) is 0 Å². The first-order valence-corrected chi connectivity index (χ1v) is 7.48. The Kier molecular flexibility index (Phi) is 3.72. The van der Waals surface area contributed by atoms with Crippen LogP contribution in [0.5, 0.6) is 0 Å². The zero-order valence-electron chi connectivity index (χ0n) is 11.5. The highest BCUT2D eigenvalue weighted by atomic mass is 32.1. The molecule has 0 spiro atoms. The van der Waals surface area contributed by atoms with Gasteiger partial charge in [0, 0.05) is 17.6 Å². The SMILES string of the molecule is Cc1nc2ccccn2c1C(=O)NCC(O)c1cccs1. The van der Waals surface area contributed by atoms with Gasteiger partial charge in [-0.2, -0.15) is 0 Å². The maximum Gasteiger partial charge on any atom is 0.270 e. The first-order chi connectivity index (χ1) is 10.2. The van der Waals surface area contributed by atoms with Crippen LogP contribution in [0.25, 0.3) is 5.65 Å². The molecule has 3 aromatic heterocycles. The molecule has 0 aliphatic rings. The Morgan fingerprint density at radius 2 is 2.29 bits per heavy atom. The lowest BCUT2D eigenvalue weighted by Gasteiger charge is -2.10. The van der Waals surface area contributed by atoms with E-state index in [1.165, 1.54) is 11.3 Å². The van der Waals surface area contributed by atoms with E-state index in [0.717, 1.165) is 10.5 Å². The molecule has 1 atom stereocenters. The number of nitrogens with zero attached hydrogens (tertiary/aromatic N) is 2. The van der Waals surface area contributed by atoms with Crippen molar-refractivity contribution in [2.24, 2.45) is 0 Å². The number of hydrogen-bond acceptors (Lipinski definition) is 4. The molecule has 0 radical (unpaired) electrons. The summed E-state index contributed by atoms with van der Waals surface area (Å²) in [7, 11) is 0. The second kappa shape index (κ2) is 5.67. The number of fused-ring (bicyclic) bond motifs is 1. The fourth-order valence-electron chi connectivity index (χ4n) is 2.24. The maximum absolute atomic E-state index is 12.3. The number of thiophene rings is 1. The summed E-state index contributed by atoms with van der Waals surface area (Å²) < 4.78 is 1.75. The van der Waals surface area contributed by atoms with E-state index in [2.05, 4.69) is 10.3 Å². The molecule has 3 aromatic rings. The standard InChI is InChI=1S/C15H15N3O2S/c1-10-14(18-7-3-2-6-13(18)17-10)15(20)16-9-11(19)12-5-4-8-21-12/h2-8,11,19H,9H2,1H3,(H,16,20). The molecule has 1 unspecified atom stereocenters. The lowest BCUT2D eigenvalue weighted by atomic mass is 10.2. The van der Waals surface area contributed by atoms with Gasteiger partial charge in [-0.1, -0.05) is 12.1 Å². The molecule has 0 saturated carbocycles. The fourth-order valence-corrected chi connectivity index (χ4v) is 2.95. The second-order valence-corrected chi connectivity index (χ2v) is 5.70. The summed E-state index contributed by atoms with van der Waals surface area (Å²) >= 11 is 1.47. The molecule has 6 heteroatoms. The summed E-state index contributed by atoms with van der Waals surface area (Å²) in [4.78, 5) is 17.5. The molecule has 0 aliphatic carbocycles. The zero-order valence-corrected chi connectivity index (χ0v) is 12.3. The van der Waals surface area contributed by atoms with Gasteiger partial charge < -0.3 is 10.4 Å². The van der Waals surface area contributed by atoms with Crippen molar-refractivity contribution in [1.82, 2.24) is 14.7 Å². The van der Waals surface area contributed by atoms with Crippen molar-refractivity contribution in [3.05, 3.63) is 58.2 Å². The molecule has 3 rings (SSSR count). The number of pyridine rings is 1. The third-order valence-corrected chi connectivity index (χ3v) is 4.22. The Balaban J connectivity index is 1.77. The average molecular weight is 301 g/mol. The summed E-state index contributed by atoms with van der Waals surface area (Å²) in [5, 5.41) is 14.7. The van der Waals surface area contributed by atoms with Crippen molar-refractivity contribution >= 4 is 22.9 Å². The van der Waals surface area contributed by atoms with Crippen molar-refractivity contribution in [3.63, 3.8) is 0 Å². The Hall–Kier alpha value is -2.18. The monoisotopic (exact) mass is 301 g/mol. The minimum Gasteiger partial charge on any atom is -0.386 e. The Morgan fingerprint density at radius 1 is 1.43 bits per heavy atom. The van der Waals surface area contributed by atoms with E-state index >= 15 is 0 Å². The predicted molar refractivity (Wildman–Crippen MR) is 81.5 cm³/mol. The molecule has 0 aromatic carbocycles. The van der Waals surface area contributed by atoms with E-state index in [1.54, 1.807) is 17.5 Å². The van der Waals surface area contributed by atoms with Crippen molar-refractivity contribution in [2.75, 3.05) is 6.54 Å². The molecular weight excluding hydrogens is 286 g/mol. The number of carbonyl (C=O) groups excluding carboxylic acids is 1. The van der Waals surface area contributed by atoms with Crippen LogP contribution in [0.4, 0.5) is 0 Å². The van der Waals surface area contributed by atoms with E-state index in [1.807, 2.05) is 35.7 Å². The summed E-state index contributed by atoms with van der Waals surface area (Å²) in [5.41, 5.74) is 1.91. The molecule has 0 bridgehead atoms. The second-order valence-electron chi connectivity index (χ2n) is 4.72. The average Bonchev–Trinajstić information content (AvgIpc) is 3.10. The molecule has 0 aliphatic heterocycles. The molecule has 108 valence electrons. The number of aliphatic hydroxyl groups is 1. The molecule has 0 fully saturated rings. The van der Waals surface area contributed by atoms with Crippen molar-refractivity contribution < 1.29 is 9.90 Å². The summed E-state index contributed by atoms with van der Waals surface area (Å²) in [6.07, 6.45) is 1.12. The van der Waals surface area contributed by atoms with Crippen molar-refractivity contribution in [3.8, 4) is 0 Å². The number of imidazole rings is 1. The van der Waals surface area contributed by atoms with Gasteiger partial charge in [-0.15, -0.1) is 11.3 Å². The van der Waals surface area contributed by atoms with Crippen LogP contribution < -0.4 is 5.32 Å². The number of aryl methyl sites for hydroxylation is 1. The first kappa shape index (κ1) is 13.8. The van der Waals surface area contributed by atoms with Gasteiger partial charge in [-0.25, -0.2) is 4.98 Å². The van der Waals surface area contributed by atoms with Crippen molar-refractivity contribution in [2.45, 2.75) is 13.0 Å². The van der Waals surface area contributed by atoms with Crippen LogP contribution in [-0.2, 0) is 0 Å². The quantitative estimate of drug-likeness (QED) is 0.776. The van der Waals surface area contributed by atoms with E-state index in [-0.39, 0.29) is 12.5 Å². The molecule has 5 nitrogen and oxygen atoms in total. The Morgan fingerprint density at radius 3 is 3.05 bits per heavy atom. The van der Waals surface area contributed by atoms with Crippen LogP contribution in [0, 0.1) is 6.92 Å². The number of aliphatic hydroxyl groups excluding tert-OH is 1. The highest BCUT2D eigenvalue weighted by Crippen LogP contribution is 2.18. The fraction of sp³-hybridized carbons (Fsp3) is 0.200. The largest absolute Gasteiger partial charge is 0.386 e. The first-order valence-electron chi connectivity index (χ1n) is 6.60. The minimum absolute atomic E-state index is 0.179. The van der Waals surface area contributed by atoms with E-state index in [0.29, 0.717) is 11.4 Å². The molecular formula is C15H15N3O2S. The van der Waals surface area contributed by atoms with Crippen LogP contribution in [0.15, 0.2) is 41.9 Å². The zero-order chi connectivity index (χ0) is 14.8. The van der Waals surface area contributed by atoms with Gasteiger partial charge >= 0.3 is 0 Å². The molecule has 1 amide bonds. The van der Waals surface area contributed by atoms with Gasteiger partial charge in [0.25, 0.3) is 5.91 Å². The molecule has 3 heterocycles. The van der Waals surface area contributed by atoms with E-state index < -0.39 is 6.10 Å². The highest BCUT2D eigenvalue weighted by Gasteiger charge is 2.17. The van der Waals surface area contributed by atoms with Crippen LogP contribution >= 0.6 is 11.3 Å². The van der Waals surface area contributed by atoms with Crippen molar-refractivity contribution in [1.29, 1.82) is 0 Å². The van der Waals surface area contributed by atoms with Gasteiger partial charge in [-0.3, -0.25) is 9.20 Å².